The van der Waals surface area contributed by atoms with E-state index in [0.29, 0.717) is 0 Å². The SMILES string of the molecule is COc1cc(C)c(SC(C)(C)CC(=O)O)cc1C. The quantitative estimate of drug-likeness (QED) is 0.828. The molecule has 0 spiro atoms. The Morgan fingerprint density at radius 1 is 1.33 bits per heavy atom. The third-order valence-corrected chi connectivity index (χ3v) is 4.01. The number of thioether (sulfide) groups is 1. The fraction of sp³-hybridized carbons (Fsp3) is 0.500. The van der Waals surface area contributed by atoms with Gasteiger partial charge in [-0.15, -0.1) is 11.8 Å². The Morgan fingerprint density at radius 3 is 2.44 bits per heavy atom. The normalized spacial score (nSPS) is 11.4. The van der Waals surface area contributed by atoms with Gasteiger partial charge in [-0.2, -0.15) is 0 Å². The maximum atomic E-state index is 10.8. The van der Waals surface area contributed by atoms with Crippen LogP contribution in [0.2, 0.25) is 0 Å². The minimum Gasteiger partial charge on any atom is -0.496 e. The number of hydrogen-bond acceptors (Lipinski definition) is 3. The molecule has 0 saturated heterocycles. The van der Waals surface area contributed by atoms with Crippen molar-refractivity contribution in [2.24, 2.45) is 0 Å². The highest BCUT2D eigenvalue weighted by Crippen LogP contribution is 2.38. The summed E-state index contributed by atoms with van der Waals surface area (Å²) in [5.74, 6) is 0.100. The minimum atomic E-state index is -0.768. The second-order valence-electron chi connectivity index (χ2n) is 5.02. The molecule has 0 saturated carbocycles. The summed E-state index contributed by atoms with van der Waals surface area (Å²) in [5, 5.41) is 8.90. The lowest BCUT2D eigenvalue weighted by atomic mass is 10.1. The van der Waals surface area contributed by atoms with Crippen LogP contribution in [0.5, 0.6) is 5.75 Å². The molecule has 1 rings (SSSR count). The lowest BCUT2D eigenvalue weighted by Crippen LogP contribution is -2.19. The average molecular weight is 268 g/mol. The number of carboxylic acids is 1. The van der Waals surface area contributed by atoms with Crippen LogP contribution in [0.3, 0.4) is 0 Å². The van der Waals surface area contributed by atoms with Crippen molar-refractivity contribution in [1.82, 2.24) is 0 Å². The second kappa shape index (κ2) is 5.65. The monoisotopic (exact) mass is 268 g/mol. The van der Waals surface area contributed by atoms with Gasteiger partial charge in [0.15, 0.2) is 0 Å². The molecule has 1 N–H and O–H groups in total. The van der Waals surface area contributed by atoms with Crippen molar-refractivity contribution in [2.45, 2.75) is 43.8 Å². The number of aliphatic carboxylic acids is 1. The molecule has 1 aromatic rings. The molecule has 0 aliphatic carbocycles. The van der Waals surface area contributed by atoms with E-state index in [1.165, 1.54) is 0 Å². The number of rotatable bonds is 5. The van der Waals surface area contributed by atoms with Gasteiger partial charge in [-0.3, -0.25) is 4.79 Å². The van der Waals surface area contributed by atoms with E-state index in [2.05, 4.69) is 6.07 Å². The van der Waals surface area contributed by atoms with Crippen molar-refractivity contribution in [1.29, 1.82) is 0 Å². The number of hydrogen-bond donors (Lipinski definition) is 1. The summed E-state index contributed by atoms with van der Waals surface area (Å²) in [7, 11) is 1.66. The fourth-order valence-electron chi connectivity index (χ4n) is 1.79. The van der Waals surface area contributed by atoms with Gasteiger partial charge in [0.25, 0.3) is 0 Å². The highest BCUT2D eigenvalue weighted by molar-refractivity contribution is 8.00. The lowest BCUT2D eigenvalue weighted by molar-refractivity contribution is -0.137. The first-order valence-electron chi connectivity index (χ1n) is 5.81. The first-order valence-corrected chi connectivity index (χ1v) is 6.63. The van der Waals surface area contributed by atoms with Crippen LogP contribution in [0.4, 0.5) is 0 Å². The van der Waals surface area contributed by atoms with Crippen LogP contribution in [0.25, 0.3) is 0 Å². The summed E-state index contributed by atoms with van der Waals surface area (Å²) in [6.07, 6.45) is 0.141. The number of aryl methyl sites for hydroxylation is 2. The Bertz CT molecular complexity index is 453. The van der Waals surface area contributed by atoms with Crippen molar-refractivity contribution >= 4 is 17.7 Å². The van der Waals surface area contributed by atoms with Crippen molar-refractivity contribution in [3.8, 4) is 5.75 Å². The van der Waals surface area contributed by atoms with E-state index >= 15 is 0 Å². The van der Waals surface area contributed by atoms with Crippen LogP contribution in [-0.2, 0) is 4.79 Å². The van der Waals surface area contributed by atoms with Gasteiger partial charge in [0.05, 0.1) is 13.5 Å². The standard InChI is InChI=1S/C14H20O3S/c1-9-7-12(10(2)6-11(9)17-5)18-14(3,4)8-13(15)16/h6-7H,8H2,1-5H3,(H,15,16). The topological polar surface area (TPSA) is 46.5 Å². The molecule has 1 aromatic carbocycles. The molecular weight excluding hydrogens is 248 g/mol. The number of benzene rings is 1. The summed E-state index contributed by atoms with van der Waals surface area (Å²) in [6, 6.07) is 4.05. The molecule has 4 heteroatoms. The Labute approximate surface area is 113 Å². The molecule has 0 atom stereocenters. The molecule has 0 aliphatic rings. The van der Waals surface area contributed by atoms with Crippen LogP contribution < -0.4 is 4.74 Å². The van der Waals surface area contributed by atoms with E-state index in [0.717, 1.165) is 21.8 Å². The summed E-state index contributed by atoms with van der Waals surface area (Å²) < 4.78 is 4.95. The Hall–Kier alpha value is -1.16. The third-order valence-electron chi connectivity index (χ3n) is 2.66. The van der Waals surface area contributed by atoms with Crippen LogP contribution in [0.15, 0.2) is 17.0 Å². The molecule has 0 bridgehead atoms. The van der Waals surface area contributed by atoms with Gasteiger partial charge in [-0.1, -0.05) is 0 Å². The van der Waals surface area contributed by atoms with Crippen molar-refractivity contribution in [3.05, 3.63) is 23.3 Å². The Balaban J connectivity index is 2.98. The molecule has 3 nitrogen and oxygen atoms in total. The number of carboxylic acid groups (broad SMARTS) is 1. The predicted octanol–water partition coefficient (Wildman–Crippen LogP) is 3.66. The predicted molar refractivity (Wildman–Crippen MR) is 74.7 cm³/mol. The molecule has 0 aromatic heterocycles. The third kappa shape index (κ3) is 3.95. The largest absolute Gasteiger partial charge is 0.496 e. The van der Waals surface area contributed by atoms with Gasteiger partial charge in [-0.05, 0) is 51.0 Å². The fourth-order valence-corrected chi connectivity index (χ4v) is 3.04. The summed E-state index contributed by atoms with van der Waals surface area (Å²) in [4.78, 5) is 11.9. The molecule has 0 radical (unpaired) electrons. The van der Waals surface area contributed by atoms with Crippen LogP contribution >= 0.6 is 11.8 Å². The minimum absolute atomic E-state index is 0.141. The summed E-state index contributed by atoms with van der Waals surface area (Å²) in [5.41, 5.74) is 2.18. The van der Waals surface area contributed by atoms with Crippen molar-refractivity contribution in [2.75, 3.05) is 7.11 Å². The smallest absolute Gasteiger partial charge is 0.304 e. The van der Waals surface area contributed by atoms with E-state index in [9.17, 15) is 4.79 Å². The van der Waals surface area contributed by atoms with Gasteiger partial charge in [0.1, 0.15) is 5.75 Å². The van der Waals surface area contributed by atoms with Crippen molar-refractivity contribution < 1.29 is 14.6 Å². The van der Waals surface area contributed by atoms with Gasteiger partial charge in [-0.25, -0.2) is 0 Å². The molecule has 0 unspecified atom stereocenters. The van der Waals surface area contributed by atoms with Crippen LogP contribution in [0.1, 0.15) is 31.4 Å². The van der Waals surface area contributed by atoms with Gasteiger partial charge in [0, 0.05) is 9.64 Å². The van der Waals surface area contributed by atoms with Gasteiger partial charge >= 0.3 is 5.97 Å². The van der Waals surface area contributed by atoms with Crippen LogP contribution in [0, 0.1) is 13.8 Å². The molecule has 0 aliphatic heterocycles. The molecule has 0 heterocycles. The second-order valence-corrected chi connectivity index (χ2v) is 6.77. The molecule has 0 fully saturated rings. The zero-order valence-corrected chi connectivity index (χ0v) is 12.4. The highest BCUT2D eigenvalue weighted by atomic mass is 32.2. The molecule has 0 amide bonds. The van der Waals surface area contributed by atoms with Crippen molar-refractivity contribution in [3.63, 3.8) is 0 Å². The molecule has 100 valence electrons. The Morgan fingerprint density at radius 2 is 1.94 bits per heavy atom. The summed E-state index contributed by atoms with van der Waals surface area (Å²) in [6.45, 7) is 7.91. The van der Waals surface area contributed by atoms with Gasteiger partial charge in [0.2, 0.25) is 0 Å². The molecular formula is C14H20O3S. The zero-order chi connectivity index (χ0) is 13.9. The van der Waals surface area contributed by atoms with E-state index in [4.69, 9.17) is 9.84 Å². The van der Waals surface area contributed by atoms with E-state index in [1.54, 1.807) is 18.9 Å². The highest BCUT2D eigenvalue weighted by Gasteiger charge is 2.24. The van der Waals surface area contributed by atoms with E-state index in [-0.39, 0.29) is 11.2 Å². The number of methoxy groups -OCH3 is 1. The first kappa shape index (κ1) is 14.9. The van der Waals surface area contributed by atoms with E-state index in [1.807, 2.05) is 33.8 Å². The van der Waals surface area contributed by atoms with E-state index < -0.39 is 5.97 Å². The van der Waals surface area contributed by atoms with Gasteiger partial charge < -0.3 is 9.84 Å². The number of ether oxygens (including phenoxy) is 1. The number of carbonyl (C=O) groups is 1. The average Bonchev–Trinajstić information content (AvgIpc) is 2.20. The first-order chi connectivity index (χ1) is 8.25. The zero-order valence-electron chi connectivity index (χ0n) is 11.5. The van der Waals surface area contributed by atoms with Crippen LogP contribution in [-0.4, -0.2) is 22.9 Å². The Kier molecular flexibility index (Phi) is 4.68. The summed E-state index contributed by atoms with van der Waals surface area (Å²) >= 11 is 1.60. The maximum absolute atomic E-state index is 10.8. The lowest BCUT2D eigenvalue weighted by Gasteiger charge is -2.23. The molecule has 18 heavy (non-hydrogen) atoms. The maximum Gasteiger partial charge on any atom is 0.304 e.